The topological polar surface area (TPSA) is 109 Å². The van der Waals surface area contributed by atoms with Gasteiger partial charge in [-0.25, -0.2) is 13.6 Å². The second-order valence-corrected chi connectivity index (χ2v) is 7.94. The van der Waals surface area contributed by atoms with Crippen molar-refractivity contribution in [2.75, 3.05) is 5.32 Å². The number of carbonyl (C=O) groups excluding carboxylic acids is 1. The summed E-state index contributed by atoms with van der Waals surface area (Å²) in [5.41, 5.74) is 0.329. The van der Waals surface area contributed by atoms with Gasteiger partial charge in [0, 0.05) is 12.1 Å². The number of aromatic hydroxyl groups is 1. The number of phenolic OH excluding ortho intramolecular Hbond substituents is 1. The van der Waals surface area contributed by atoms with Crippen molar-refractivity contribution in [1.29, 1.82) is 0 Å². The molecule has 0 aromatic heterocycles. The van der Waals surface area contributed by atoms with Gasteiger partial charge in [-0.3, -0.25) is 4.79 Å². The number of sulfonamides is 1. The van der Waals surface area contributed by atoms with E-state index in [0.717, 1.165) is 12.3 Å². The SMILES string of the molecule is NS(=O)(=O)c1cc(NC(=O)CC2CC3CCC2C3)ccc1O. The molecule has 0 aliphatic heterocycles. The van der Waals surface area contributed by atoms with Gasteiger partial charge in [-0.15, -0.1) is 0 Å². The van der Waals surface area contributed by atoms with E-state index in [0.29, 0.717) is 23.9 Å². The number of amides is 1. The van der Waals surface area contributed by atoms with Gasteiger partial charge < -0.3 is 10.4 Å². The summed E-state index contributed by atoms with van der Waals surface area (Å²) < 4.78 is 22.7. The van der Waals surface area contributed by atoms with Crippen molar-refractivity contribution >= 4 is 21.6 Å². The molecule has 7 heteroatoms. The lowest BCUT2D eigenvalue weighted by molar-refractivity contribution is -0.117. The number of fused-ring (bicyclic) bond motifs is 2. The van der Waals surface area contributed by atoms with Crippen LogP contribution in [0.15, 0.2) is 23.1 Å². The number of rotatable bonds is 4. The average molecular weight is 324 g/mol. The van der Waals surface area contributed by atoms with Gasteiger partial charge in [0.25, 0.3) is 0 Å². The van der Waals surface area contributed by atoms with Crippen LogP contribution in [0, 0.1) is 17.8 Å². The lowest BCUT2D eigenvalue weighted by Crippen LogP contribution is -2.20. The van der Waals surface area contributed by atoms with E-state index >= 15 is 0 Å². The summed E-state index contributed by atoms with van der Waals surface area (Å²) in [4.78, 5) is 11.8. The highest BCUT2D eigenvalue weighted by Crippen LogP contribution is 2.49. The molecule has 3 rings (SSSR count). The van der Waals surface area contributed by atoms with E-state index in [2.05, 4.69) is 5.32 Å². The molecule has 2 fully saturated rings. The lowest BCUT2D eigenvalue weighted by Gasteiger charge is -2.21. The van der Waals surface area contributed by atoms with Crippen molar-refractivity contribution in [2.45, 2.75) is 37.0 Å². The van der Waals surface area contributed by atoms with Crippen LogP contribution in [0.25, 0.3) is 0 Å². The predicted molar refractivity (Wildman–Crippen MR) is 81.7 cm³/mol. The molecule has 1 aromatic carbocycles. The Morgan fingerprint density at radius 2 is 2.09 bits per heavy atom. The van der Waals surface area contributed by atoms with Crippen LogP contribution in [0.2, 0.25) is 0 Å². The van der Waals surface area contributed by atoms with Gasteiger partial charge in [0.15, 0.2) is 0 Å². The summed E-state index contributed by atoms with van der Waals surface area (Å²) in [5.74, 6) is 1.34. The highest BCUT2D eigenvalue weighted by molar-refractivity contribution is 7.89. The molecule has 2 aliphatic carbocycles. The van der Waals surface area contributed by atoms with Crippen molar-refractivity contribution in [1.82, 2.24) is 0 Å². The number of benzene rings is 1. The maximum absolute atomic E-state index is 12.1. The Balaban J connectivity index is 1.67. The second kappa shape index (κ2) is 5.55. The van der Waals surface area contributed by atoms with Gasteiger partial charge in [-0.1, -0.05) is 6.42 Å². The quantitative estimate of drug-likeness (QED) is 0.734. The molecule has 1 aromatic rings. The van der Waals surface area contributed by atoms with Gasteiger partial charge in [0.05, 0.1) is 0 Å². The van der Waals surface area contributed by atoms with Crippen molar-refractivity contribution in [3.8, 4) is 5.75 Å². The second-order valence-electron chi connectivity index (χ2n) is 6.41. The minimum Gasteiger partial charge on any atom is -0.507 e. The van der Waals surface area contributed by atoms with Gasteiger partial charge in [0.2, 0.25) is 15.9 Å². The Kier molecular flexibility index (Phi) is 3.86. The third kappa shape index (κ3) is 3.10. The fourth-order valence-electron chi connectivity index (χ4n) is 3.90. The molecule has 0 radical (unpaired) electrons. The number of nitrogens with two attached hydrogens (primary N) is 1. The molecule has 2 saturated carbocycles. The zero-order chi connectivity index (χ0) is 15.9. The Labute approximate surface area is 129 Å². The molecule has 120 valence electrons. The summed E-state index contributed by atoms with van der Waals surface area (Å²) in [5, 5.41) is 17.3. The number of phenols is 1. The monoisotopic (exact) mass is 324 g/mol. The molecule has 0 saturated heterocycles. The average Bonchev–Trinajstić information content (AvgIpc) is 3.02. The van der Waals surface area contributed by atoms with E-state index in [1.54, 1.807) is 0 Å². The number of primary sulfonamides is 1. The fourth-order valence-corrected chi connectivity index (χ4v) is 4.55. The Bertz CT molecular complexity index is 701. The standard InChI is InChI=1S/C15H20N2O4S/c16-22(20,21)14-8-12(3-4-13(14)18)17-15(19)7-11-6-9-1-2-10(11)5-9/h3-4,8-11,18H,1-2,5-7H2,(H,17,19)(H2,16,20,21). The Hall–Kier alpha value is -1.60. The Morgan fingerprint density at radius 3 is 2.68 bits per heavy atom. The number of nitrogens with one attached hydrogen (secondary N) is 1. The minimum atomic E-state index is -4.02. The molecule has 2 bridgehead atoms. The zero-order valence-corrected chi connectivity index (χ0v) is 13.0. The Morgan fingerprint density at radius 1 is 1.32 bits per heavy atom. The molecular formula is C15H20N2O4S. The molecule has 3 unspecified atom stereocenters. The van der Waals surface area contributed by atoms with Gasteiger partial charge >= 0.3 is 0 Å². The maximum atomic E-state index is 12.1. The third-order valence-corrected chi connectivity index (χ3v) is 5.82. The van der Waals surface area contributed by atoms with E-state index in [-0.39, 0.29) is 10.8 Å². The first-order chi connectivity index (χ1) is 10.3. The largest absolute Gasteiger partial charge is 0.507 e. The third-order valence-electron chi connectivity index (χ3n) is 4.88. The highest BCUT2D eigenvalue weighted by atomic mass is 32.2. The van der Waals surface area contributed by atoms with E-state index < -0.39 is 15.8 Å². The first-order valence-electron chi connectivity index (χ1n) is 7.48. The maximum Gasteiger partial charge on any atom is 0.241 e. The van der Waals surface area contributed by atoms with Gasteiger partial charge in [-0.2, -0.15) is 0 Å². The zero-order valence-electron chi connectivity index (χ0n) is 12.2. The highest BCUT2D eigenvalue weighted by Gasteiger charge is 2.40. The van der Waals surface area contributed by atoms with E-state index in [1.807, 2.05) is 0 Å². The lowest BCUT2D eigenvalue weighted by atomic mass is 9.86. The van der Waals surface area contributed by atoms with E-state index in [4.69, 9.17) is 5.14 Å². The summed E-state index contributed by atoms with van der Waals surface area (Å²) in [6.45, 7) is 0. The molecule has 2 aliphatic rings. The summed E-state index contributed by atoms with van der Waals surface area (Å²) in [6.07, 6.45) is 5.34. The normalized spacial score (nSPS) is 27.0. The van der Waals surface area contributed by atoms with Crippen LogP contribution in [-0.4, -0.2) is 19.4 Å². The summed E-state index contributed by atoms with van der Waals surface area (Å²) >= 11 is 0. The number of hydrogen-bond acceptors (Lipinski definition) is 4. The van der Waals surface area contributed by atoms with Crippen LogP contribution in [0.5, 0.6) is 5.75 Å². The smallest absolute Gasteiger partial charge is 0.241 e. The summed E-state index contributed by atoms with van der Waals surface area (Å²) in [7, 11) is -4.02. The van der Waals surface area contributed by atoms with Crippen molar-refractivity contribution in [3.05, 3.63) is 18.2 Å². The van der Waals surface area contributed by atoms with Crippen LogP contribution in [0.3, 0.4) is 0 Å². The molecule has 3 atom stereocenters. The molecule has 0 heterocycles. The molecule has 22 heavy (non-hydrogen) atoms. The molecule has 1 amide bonds. The number of anilines is 1. The van der Waals surface area contributed by atoms with Crippen LogP contribution in [-0.2, 0) is 14.8 Å². The molecule has 4 N–H and O–H groups in total. The van der Waals surface area contributed by atoms with Crippen LogP contribution < -0.4 is 10.5 Å². The molecule has 6 nitrogen and oxygen atoms in total. The number of carbonyl (C=O) groups is 1. The number of hydrogen-bond donors (Lipinski definition) is 3. The van der Waals surface area contributed by atoms with E-state index in [9.17, 15) is 18.3 Å². The summed E-state index contributed by atoms with van der Waals surface area (Å²) in [6, 6.07) is 3.86. The van der Waals surface area contributed by atoms with Gasteiger partial charge in [-0.05, 0) is 55.2 Å². The van der Waals surface area contributed by atoms with Crippen molar-refractivity contribution in [2.24, 2.45) is 22.9 Å². The first-order valence-corrected chi connectivity index (χ1v) is 9.03. The van der Waals surface area contributed by atoms with Crippen LogP contribution in [0.1, 0.15) is 32.1 Å². The fraction of sp³-hybridized carbons (Fsp3) is 0.533. The van der Waals surface area contributed by atoms with Crippen molar-refractivity contribution < 1.29 is 18.3 Å². The van der Waals surface area contributed by atoms with Crippen LogP contribution in [0.4, 0.5) is 5.69 Å². The van der Waals surface area contributed by atoms with Crippen LogP contribution >= 0.6 is 0 Å². The van der Waals surface area contributed by atoms with Gasteiger partial charge in [0.1, 0.15) is 10.6 Å². The minimum absolute atomic E-state index is 0.122. The first kappa shape index (κ1) is 15.3. The van der Waals surface area contributed by atoms with Crippen molar-refractivity contribution in [3.63, 3.8) is 0 Å². The molecular weight excluding hydrogens is 304 g/mol. The molecule has 0 spiro atoms. The van der Waals surface area contributed by atoms with E-state index in [1.165, 1.54) is 37.5 Å². The predicted octanol–water partition coefficient (Wildman–Crippen LogP) is 1.80.